The fourth-order valence-corrected chi connectivity index (χ4v) is 5.77. The van der Waals surface area contributed by atoms with Crippen LogP contribution < -0.4 is 16.1 Å². The second-order valence-corrected chi connectivity index (χ2v) is 9.02. The van der Waals surface area contributed by atoms with Gasteiger partial charge in [-0.25, -0.2) is 5.01 Å². The number of likely N-dealkylation sites (tertiary alicyclic amines) is 1. The Labute approximate surface area is 158 Å². The minimum Gasteiger partial charge on any atom is -0.341 e. The molecule has 0 bridgehead atoms. The second-order valence-electron chi connectivity index (χ2n) is 9.02. The van der Waals surface area contributed by atoms with Crippen LogP contribution in [0.1, 0.15) is 58.3 Å². The van der Waals surface area contributed by atoms with Crippen LogP contribution in [-0.4, -0.2) is 66.8 Å². The largest absolute Gasteiger partial charge is 0.341 e. The Morgan fingerprint density at radius 1 is 1.04 bits per heavy atom. The van der Waals surface area contributed by atoms with Crippen molar-refractivity contribution in [3.63, 3.8) is 0 Å². The van der Waals surface area contributed by atoms with E-state index in [1.807, 2.05) is 6.92 Å². The molecule has 1 saturated carbocycles. The zero-order valence-electron chi connectivity index (χ0n) is 16.5. The molecule has 0 spiro atoms. The van der Waals surface area contributed by atoms with Gasteiger partial charge in [0.15, 0.2) is 0 Å². The molecule has 6 heteroatoms. The van der Waals surface area contributed by atoms with Gasteiger partial charge in [0.2, 0.25) is 5.91 Å². The summed E-state index contributed by atoms with van der Waals surface area (Å²) in [7, 11) is 2.14. The number of hydrogen-bond acceptors (Lipinski definition) is 5. The van der Waals surface area contributed by atoms with Crippen molar-refractivity contribution >= 4 is 5.91 Å². The molecular formula is C20H37N5O. The Morgan fingerprint density at radius 2 is 1.85 bits per heavy atom. The van der Waals surface area contributed by atoms with Crippen molar-refractivity contribution in [2.24, 2.45) is 11.8 Å². The van der Waals surface area contributed by atoms with Crippen LogP contribution in [0.15, 0.2) is 0 Å². The van der Waals surface area contributed by atoms with Gasteiger partial charge in [-0.2, -0.15) is 0 Å². The molecule has 5 atom stereocenters. The molecule has 26 heavy (non-hydrogen) atoms. The number of nitrogens with one attached hydrogen (secondary N) is 3. The molecule has 3 heterocycles. The molecule has 5 unspecified atom stereocenters. The van der Waals surface area contributed by atoms with Crippen LogP contribution in [-0.2, 0) is 4.79 Å². The molecule has 3 saturated heterocycles. The Balaban J connectivity index is 1.45. The van der Waals surface area contributed by atoms with Gasteiger partial charge in [-0.05, 0) is 18.8 Å². The highest BCUT2D eigenvalue weighted by molar-refractivity contribution is 5.76. The molecule has 1 amide bonds. The van der Waals surface area contributed by atoms with Gasteiger partial charge in [-0.3, -0.25) is 20.9 Å². The zero-order valence-corrected chi connectivity index (χ0v) is 16.5. The minimum absolute atomic E-state index is 0.306. The lowest BCUT2D eigenvalue weighted by molar-refractivity contribution is -0.130. The van der Waals surface area contributed by atoms with Crippen molar-refractivity contribution in [1.29, 1.82) is 0 Å². The predicted molar refractivity (Wildman–Crippen MR) is 103 cm³/mol. The lowest BCUT2D eigenvalue weighted by Crippen LogP contribution is -2.67. The van der Waals surface area contributed by atoms with Crippen molar-refractivity contribution < 1.29 is 4.79 Å². The Kier molecular flexibility index (Phi) is 5.84. The van der Waals surface area contributed by atoms with Gasteiger partial charge in [0, 0.05) is 57.1 Å². The van der Waals surface area contributed by atoms with Crippen LogP contribution in [0.5, 0.6) is 0 Å². The van der Waals surface area contributed by atoms with Crippen molar-refractivity contribution in [1.82, 2.24) is 26.0 Å². The number of hydrazine groups is 1. The molecular weight excluding hydrogens is 326 g/mol. The highest BCUT2D eigenvalue weighted by Crippen LogP contribution is 2.32. The van der Waals surface area contributed by atoms with Crippen LogP contribution in [0.2, 0.25) is 0 Å². The van der Waals surface area contributed by atoms with Crippen molar-refractivity contribution in [3.8, 4) is 0 Å². The third-order valence-electron chi connectivity index (χ3n) is 7.18. The summed E-state index contributed by atoms with van der Waals surface area (Å²) in [6, 6.07) is 1.38. The summed E-state index contributed by atoms with van der Waals surface area (Å²) in [6.07, 6.45) is 10.5. The van der Waals surface area contributed by atoms with Crippen LogP contribution in [0, 0.1) is 11.8 Å². The quantitative estimate of drug-likeness (QED) is 0.703. The fourth-order valence-electron chi connectivity index (χ4n) is 5.77. The second kappa shape index (κ2) is 8.13. The molecule has 0 aromatic rings. The normalized spacial score (nSPS) is 39.3. The lowest BCUT2D eigenvalue weighted by Gasteiger charge is -2.44. The Morgan fingerprint density at radius 3 is 2.54 bits per heavy atom. The predicted octanol–water partition coefficient (Wildman–Crippen LogP) is 1.29. The summed E-state index contributed by atoms with van der Waals surface area (Å²) in [6.45, 7) is 4.88. The maximum Gasteiger partial charge on any atom is 0.222 e. The van der Waals surface area contributed by atoms with E-state index in [-0.39, 0.29) is 0 Å². The molecule has 0 radical (unpaired) electrons. The molecule has 3 aliphatic heterocycles. The number of nitrogens with zero attached hydrogens (tertiary/aromatic N) is 2. The first-order valence-corrected chi connectivity index (χ1v) is 10.9. The maximum absolute atomic E-state index is 12.3. The SMILES string of the molecule is CCC(=O)N1CC2NC(CC3CCCCC3)NC(C3CCN(C)N3)C2C1. The lowest BCUT2D eigenvalue weighted by atomic mass is 9.82. The van der Waals surface area contributed by atoms with E-state index in [0.29, 0.717) is 42.5 Å². The highest BCUT2D eigenvalue weighted by Gasteiger charge is 2.47. The van der Waals surface area contributed by atoms with E-state index < -0.39 is 0 Å². The number of carbonyl (C=O) groups excluding carboxylic acids is 1. The van der Waals surface area contributed by atoms with Crippen LogP contribution in [0.3, 0.4) is 0 Å². The van der Waals surface area contributed by atoms with E-state index in [1.165, 1.54) is 44.9 Å². The molecule has 6 nitrogen and oxygen atoms in total. The van der Waals surface area contributed by atoms with Gasteiger partial charge in [0.05, 0.1) is 6.17 Å². The first-order chi connectivity index (χ1) is 12.6. The molecule has 1 aliphatic carbocycles. The van der Waals surface area contributed by atoms with Gasteiger partial charge in [0.1, 0.15) is 0 Å². The first-order valence-electron chi connectivity index (χ1n) is 10.9. The standard InChI is InChI=1S/C20H37N5O/c1-3-19(26)25-12-15-17(13-25)21-18(11-14-7-5-4-6-8-14)22-20(15)16-9-10-24(2)23-16/h14-18,20-23H,3-13H2,1-2H3. The molecule has 148 valence electrons. The van der Waals surface area contributed by atoms with E-state index in [9.17, 15) is 4.79 Å². The third-order valence-corrected chi connectivity index (χ3v) is 7.18. The van der Waals surface area contributed by atoms with Crippen molar-refractivity contribution in [3.05, 3.63) is 0 Å². The number of hydrogen-bond donors (Lipinski definition) is 3. The fraction of sp³-hybridized carbons (Fsp3) is 0.950. The Hall–Kier alpha value is -0.690. The van der Waals surface area contributed by atoms with Gasteiger partial charge in [-0.1, -0.05) is 39.0 Å². The van der Waals surface area contributed by atoms with E-state index in [0.717, 1.165) is 25.6 Å². The molecule has 4 fully saturated rings. The number of carbonyl (C=O) groups is 1. The topological polar surface area (TPSA) is 59.6 Å². The number of rotatable bonds is 4. The van der Waals surface area contributed by atoms with E-state index in [4.69, 9.17) is 0 Å². The summed E-state index contributed by atoms with van der Waals surface area (Å²) < 4.78 is 0. The van der Waals surface area contributed by atoms with Gasteiger partial charge in [-0.15, -0.1) is 0 Å². The summed E-state index contributed by atoms with van der Waals surface area (Å²) in [5, 5.41) is 10.1. The summed E-state index contributed by atoms with van der Waals surface area (Å²) in [4.78, 5) is 14.4. The van der Waals surface area contributed by atoms with Crippen LogP contribution in [0.25, 0.3) is 0 Å². The highest BCUT2D eigenvalue weighted by atomic mass is 16.2. The summed E-state index contributed by atoms with van der Waals surface area (Å²) in [5.74, 6) is 1.68. The van der Waals surface area contributed by atoms with Gasteiger partial charge in [0.25, 0.3) is 0 Å². The molecule has 0 aromatic carbocycles. The molecule has 3 N–H and O–H groups in total. The number of fused-ring (bicyclic) bond motifs is 1. The average molecular weight is 364 g/mol. The first kappa shape index (κ1) is 18.7. The molecule has 4 aliphatic rings. The van der Waals surface area contributed by atoms with Gasteiger partial charge < -0.3 is 4.90 Å². The molecule has 0 aromatic heterocycles. The smallest absolute Gasteiger partial charge is 0.222 e. The average Bonchev–Trinajstić information content (AvgIpc) is 3.27. The molecule has 4 rings (SSSR count). The van der Waals surface area contributed by atoms with Crippen molar-refractivity contribution in [2.75, 3.05) is 26.7 Å². The monoisotopic (exact) mass is 363 g/mol. The van der Waals surface area contributed by atoms with Crippen molar-refractivity contribution in [2.45, 2.75) is 82.6 Å². The zero-order chi connectivity index (χ0) is 18.1. The minimum atomic E-state index is 0.306. The summed E-state index contributed by atoms with van der Waals surface area (Å²) in [5.41, 5.74) is 3.66. The van der Waals surface area contributed by atoms with Crippen LogP contribution in [0.4, 0.5) is 0 Å². The summed E-state index contributed by atoms with van der Waals surface area (Å²) >= 11 is 0. The van der Waals surface area contributed by atoms with E-state index >= 15 is 0 Å². The van der Waals surface area contributed by atoms with Gasteiger partial charge >= 0.3 is 0 Å². The number of amides is 1. The van der Waals surface area contributed by atoms with E-state index in [2.05, 4.69) is 33.0 Å². The Bertz CT molecular complexity index is 495. The van der Waals surface area contributed by atoms with Crippen LogP contribution >= 0.6 is 0 Å². The third kappa shape index (κ3) is 3.93. The maximum atomic E-state index is 12.3. The van der Waals surface area contributed by atoms with E-state index in [1.54, 1.807) is 0 Å².